The molecular formula is C56H35NO2. The van der Waals surface area contributed by atoms with Crippen molar-refractivity contribution in [2.75, 3.05) is 4.90 Å². The van der Waals surface area contributed by atoms with Gasteiger partial charge in [-0.15, -0.1) is 0 Å². The van der Waals surface area contributed by atoms with Gasteiger partial charge in [0.1, 0.15) is 22.3 Å². The smallest absolute Gasteiger partial charge is 0.143 e. The van der Waals surface area contributed by atoms with Crippen LogP contribution in [0.25, 0.3) is 98.8 Å². The van der Waals surface area contributed by atoms with Gasteiger partial charge in [0.05, 0.1) is 11.1 Å². The zero-order valence-corrected chi connectivity index (χ0v) is 32.0. The molecule has 0 amide bonds. The molecule has 0 saturated carbocycles. The van der Waals surface area contributed by atoms with Crippen LogP contribution in [0.1, 0.15) is 0 Å². The van der Waals surface area contributed by atoms with Crippen LogP contribution in [-0.4, -0.2) is 0 Å². The molecule has 0 N–H and O–H groups in total. The van der Waals surface area contributed by atoms with Gasteiger partial charge in [-0.2, -0.15) is 0 Å². The Morgan fingerprint density at radius 1 is 0.305 bits per heavy atom. The largest absolute Gasteiger partial charge is 0.456 e. The minimum absolute atomic E-state index is 0.862. The van der Waals surface area contributed by atoms with Crippen molar-refractivity contribution in [3.8, 4) is 33.4 Å². The molecule has 10 aromatic carbocycles. The van der Waals surface area contributed by atoms with Crippen molar-refractivity contribution in [2.45, 2.75) is 0 Å². The van der Waals surface area contributed by atoms with Crippen LogP contribution >= 0.6 is 0 Å². The maximum Gasteiger partial charge on any atom is 0.143 e. The molecular weight excluding hydrogens is 719 g/mol. The molecule has 0 atom stereocenters. The number of rotatable bonds is 6. The third-order valence-corrected chi connectivity index (χ3v) is 11.9. The van der Waals surface area contributed by atoms with Crippen LogP contribution in [0.3, 0.4) is 0 Å². The molecule has 0 aliphatic rings. The van der Waals surface area contributed by atoms with Crippen LogP contribution in [0, 0.1) is 0 Å². The molecule has 0 aliphatic heterocycles. The second kappa shape index (κ2) is 13.4. The lowest BCUT2D eigenvalue weighted by Gasteiger charge is -2.27. The van der Waals surface area contributed by atoms with Gasteiger partial charge in [0, 0.05) is 33.1 Å². The number of para-hydroxylation sites is 2. The average molecular weight is 754 g/mol. The van der Waals surface area contributed by atoms with Gasteiger partial charge in [0.2, 0.25) is 0 Å². The van der Waals surface area contributed by atoms with Crippen LogP contribution in [0.15, 0.2) is 221 Å². The molecule has 3 heteroatoms. The molecule has 12 rings (SSSR count). The molecule has 59 heavy (non-hydrogen) atoms. The minimum atomic E-state index is 0.862. The molecule has 0 saturated heterocycles. The van der Waals surface area contributed by atoms with Crippen LogP contribution in [0.2, 0.25) is 0 Å². The van der Waals surface area contributed by atoms with E-state index in [0.29, 0.717) is 0 Å². The first-order valence-electron chi connectivity index (χ1n) is 20.1. The Labute approximate surface area is 340 Å². The lowest BCUT2D eigenvalue weighted by molar-refractivity contribution is 0.669. The number of hydrogen-bond donors (Lipinski definition) is 0. The summed E-state index contributed by atoms with van der Waals surface area (Å²) in [7, 11) is 0. The van der Waals surface area contributed by atoms with Crippen LogP contribution < -0.4 is 4.90 Å². The molecule has 3 nitrogen and oxygen atoms in total. The lowest BCUT2D eigenvalue weighted by Crippen LogP contribution is -2.10. The molecule has 2 aromatic heterocycles. The average Bonchev–Trinajstić information content (AvgIpc) is 3.88. The number of fused-ring (bicyclic) bond motifs is 9. The summed E-state index contributed by atoms with van der Waals surface area (Å²) in [5, 5.41) is 9.43. The van der Waals surface area contributed by atoms with Crippen LogP contribution in [0.5, 0.6) is 0 Å². The Morgan fingerprint density at radius 3 is 1.71 bits per heavy atom. The van der Waals surface area contributed by atoms with Crippen molar-refractivity contribution in [2.24, 2.45) is 0 Å². The number of hydrogen-bond acceptors (Lipinski definition) is 3. The van der Waals surface area contributed by atoms with Gasteiger partial charge >= 0.3 is 0 Å². The lowest BCUT2D eigenvalue weighted by atomic mass is 9.93. The molecule has 12 aromatic rings. The van der Waals surface area contributed by atoms with Crippen molar-refractivity contribution in [3.63, 3.8) is 0 Å². The van der Waals surface area contributed by atoms with E-state index < -0.39 is 0 Å². The highest BCUT2D eigenvalue weighted by Crippen LogP contribution is 2.45. The van der Waals surface area contributed by atoms with Gasteiger partial charge in [-0.25, -0.2) is 0 Å². The first-order valence-corrected chi connectivity index (χ1v) is 20.1. The standard InChI is InChI=1S/C56H35NO2/c1-2-12-37(13-3-1)44-19-10-20-47-50-34-39(28-33-53(50)59-56(44)47)36-24-29-41(30-25-36)57(51-21-11-23-54-55(51)48-18-8-9-22-52(48)58-54)42-31-26-38(27-32-42)49-35-40-14-4-5-15-43(40)45-16-6-7-17-46(45)49/h1-35H. The zero-order valence-electron chi connectivity index (χ0n) is 32.0. The fourth-order valence-corrected chi connectivity index (χ4v) is 9.08. The van der Waals surface area contributed by atoms with Gasteiger partial charge in [-0.3, -0.25) is 0 Å². The van der Waals surface area contributed by atoms with Crippen molar-refractivity contribution >= 4 is 82.5 Å². The first-order chi connectivity index (χ1) is 29.2. The number of anilines is 3. The van der Waals surface area contributed by atoms with E-state index in [1.807, 2.05) is 18.2 Å². The topological polar surface area (TPSA) is 29.5 Å². The summed E-state index contributed by atoms with van der Waals surface area (Å²) in [4.78, 5) is 2.36. The zero-order chi connectivity index (χ0) is 38.9. The van der Waals surface area contributed by atoms with Gasteiger partial charge in [-0.05, 0) is 110 Å². The van der Waals surface area contributed by atoms with Gasteiger partial charge in [-0.1, -0.05) is 152 Å². The van der Waals surface area contributed by atoms with E-state index >= 15 is 0 Å². The fraction of sp³-hybridized carbons (Fsp3) is 0. The maximum absolute atomic E-state index is 6.50. The molecule has 0 fully saturated rings. The highest BCUT2D eigenvalue weighted by molar-refractivity contribution is 6.15. The third kappa shape index (κ3) is 5.44. The number of benzene rings is 10. The Balaban J connectivity index is 0.978. The Kier molecular flexibility index (Phi) is 7.54. The second-order valence-corrected chi connectivity index (χ2v) is 15.2. The van der Waals surface area contributed by atoms with E-state index in [-0.39, 0.29) is 0 Å². The predicted molar refractivity (Wildman–Crippen MR) is 247 cm³/mol. The SMILES string of the molecule is c1ccc(-c2cccc3c2oc2ccc(-c4ccc(N(c5ccc(-c6cc7ccccc7c7ccccc67)cc5)c5cccc6oc7ccccc7c56)cc4)cc23)cc1. The summed E-state index contributed by atoms with van der Waals surface area (Å²) >= 11 is 0. The van der Waals surface area contributed by atoms with Crippen LogP contribution in [-0.2, 0) is 0 Å². The summed E-state index contributed by atoms with van der Waals surface area (Å²) in [6, 6.07) is 75.7. The first kappa shape index (κ1) is 33.3. The third-order valence-electron chi connectivity index (χ3n) is 11.9. The Bertz CT molecular complexity index is 3540. The van der Waals surface area contributed by atoms with E-state index in [9.17, 15) is 0 Å². The van der Waals surface area contributed by atoms with Gasteiger partial charge in [0.15, 0.2) is 0 Å². The minimum Gasteiger partial charge on any atom is -0.456 e. The Hall–Kier alpha value is -7.88. The van der Waals surface area contributed by atoms with E-state index in [0.717, 1.165) is 83.2 Å². The molecule has 0 aliphatic carbocycles. The monoisotopic (exact) mass is 753 g/mol. The van der Waals surface area contributed by atoms with E-state index in [1.54, 1.807) is 0 Å². The summed E-state index contributed by atoms with van der Waals surface area (Å²) in [5.74, 6) is 0. The second-order valence-electron chi connectivity index (χ2n) is 15.2. The highest BCUT2D eigenvalue weighted by atomic mass is 16.3. The maximum atomic E-state index is 6.50. The molecule has 0 bridgehead atoms. The summed E-state index contributed by atoms with van der Waals surface area (Å²) in [6.45, 7) is 0. The molecule has 276 valence electrons. The number of nitrogens with zero attached hydrogens (tertiary/aromatic N) is 1. The van der Waals surface area contributed by atoms with Crippen molar-refractivity contribution < 1.29 is 8.83 Å². The normalized spacial score (nSPS) is 11.7. The summed E-state index contributed by atoms with van der Waals surface area (Å²) < 4.78 is 12.9. The van der Waals surface area contributed by atoms with Crippen molar-refractivity contribution in [3.05, 3.63) is 212 Å². The summed E-state index contributed by atoms with van der Waals surface area (Å²) in [5.41, 5.74) is 13.6. The molecule has 0 unspecified atom stereocenters. The summed E-state index contributed by atoms with van der Waals surface area (Å²) in [6.07, 6.45) is 0. The van der Waals surface area contributed by atoms with E-state index in [4.69, 9.17) is 8.83 Å². The van der Waals surface area contributed by atoms with Crippen molar-refractivity contribution in [1.82, 2.24) is 0 Å². The molecule has 0 spiro atoms. The highest BCUT2D eigenvalue weighted by Gasteiger charge is 2.20. The van der Waals surface area contributed by atoms with E-state index in [2.05, 4.69) is 199 Å². The van der Waals surface area contributed by atoms with Gasteiger partial charge < -0.3 is 13.7 Å². The van der Waals surface area contributed by atoms with Crippen LogP contribution in [0.4, 0.5) is 17.1 Å². The van der Waals surface area contributed by atoms with E-state index in [1.165, 1.54) is 32.7 Å². The predicted octanol–water partition coefficient (Wildman–Crippen LogP) is 16.3. The molecule has 2 heterocycles. The molecule has 0 radical (unpaired) electrons. The fourth-order valence-electron chi connectivity index (χ4n) is 9.08. The number of furan rings is 2. The Morgan fingerprint density at radius 2 is 0.898 bits per heavy atom. The quantitative estimate of drug-likeness (QED) is 0.158. The van der Waals surface area contributed by atoms with Crippen molar-refractivity contribution in [1.29, 1.82) is 0 Å². The van der Waals surface area contributed by atoms with Gasteiger partial charge in [0.25, 0.3) is 0 Å².